The lowest BCUT2D eigenvalue weighted by atomic mass is 9.71. The van der Waals surface area contributed by atoms with Crippen molar-refractivity contribution in [3.8, 4) is 17.2 Å². The smallest absolute Gasteiger partial charge is 0.259 e. The lowest BCUT2D eigenvalue weighted by Crippen LogP contribution is -2.38. The number of hydrogen-bond donors (Lipinski definition) is 3. The molecule has 1 amide bonds. The number of carbonyl (C=O) groups is 3. The first kappa shape index (κ1) is 25.1. The van der Waals surface area contributed by atoms with Crippen LogP contribution in [0.5, 0.6) is 17.2 Å². The van der Waals surface area contributed by atoms with Gasteiger partial charge in [-0.1, -0.05) is 30.3 Å². The van der Waals surface area contributed by atoms with E-state index in [1.165, 1.54) is 33.1 Å². The molecular formula is C30H27NO7. The maximum atomic E-state index is 13.7. The number of benzene rings is 3. The molecule has 3 aromatic rings. The molecule has 8 nitrogen and oxygen atoms in total. The molecule has 5 rings (SSSR count). The number of aliphatic hydroxyl groups is 1. The molecule has 8 heteroatoms. The van der Waals surface area contributed by atoms with Crippen LogP contribution < -0.4 is 14.8 Å². The molecule has 0 saturated carbocycles. The van der Waals surface area contributed by atoms with Crippen molar-refractivity contribution in [2.24, 2.45) is 0 Å². The molecule has 0 unspecified atom stereocenters. The fraction of sp³-hybridized carbons (Fsp3) is 0.233. The first-order valence-electron chi connectivity index (χ1n) is 12.1. The molecule has 0 aromatic heterocycles. The van der Waals surface area contributed by atoms with E-state index in [-0.39, 0.29) is 40.7 Å². The highest BCUT2D eigenvalue weighted by atomic mass is 16.5. The van der Waals surface area contributed by atoms with Crippen molar-refractivity contribution in [2.45, 2.75) is 39.7 Å². The van der Waals surface area contributed by atoms with Gasteiger partial charge in [0.2, 0.25) is 0 Å². The number of allylic oxidation sites excluding steroid dienone is 3. The normalized spacial score (nSPS) is 18.0. The number of aryl methyl sites for hydroxylation is 1. The molecule has 0 saturated heterocycles. The van der Waals surface area contributed by atoms with Gasteiger partial charge < -0.3 is 25.0 Å². The number of carbonyl (C=O) groups excluding carboxylic acids is 3. The van der Waals surface area contributed by atoms with Crippen LogP contribution in [0.25, 0.3) is 10.8 Å². The van der Waals surface area contributed by atoms with Gasteiger partial charge in [-0.25, -0.2) is 0 Å². The Morgan fingerprint density at radius 1 is 1.13 bits per heavy atom. The van der Waals surface area contributed by atoms with Crippen LogP contribution in [0.4, 0.5) is 0 Å². The summed E-state index contributed by atoms with van der Waals surface area (Å²) in [6, 6.07) is 11.3. The highest BCUT2D eigenvalue weighted by Crippen LogP contribution is 2.56. The van der Waals surface area contributed by atoms with Crippen LogP contribution >= 0.6 is 0 Å². The summed E-state index contributed by atoms with van der Waals surface area (Å²) in [5, 5.41) is 26.3. The molecule has 38 heavy (non-hydrogen) atoms. The summed E-state index contributed by atoms with van der Waals surface area (Å²) >= 11 is 0. The highest BCUT2D eigenvalue weighted by molar-refractivity contribution is 6.25. The summed E-state index contributed by atoms with van der Waals surface area (Å²) in [6.45, 7) is 6.88. The van der Waals surface area contributed by atoms with Crippen molar-refractivity contribution >= 4 is 28.2 Å². The SMILES string of the molecule is COc1cc(O)c2c(c1C(=O)NCc1c(C)c(C)cc3ccccc13)OC1=CC(O)=C(C(C)=O)C(=O)[C@]12C. The van der Waals surface area contributed by atoms with E-state index in [4.69, 9.17) is 9.47 Å². The zero-order chi connectivity index (χ0) is 27.5. The van der Waals surface area contributed by atoms with E-state index >= 15 is 0 Å². The lowest BCUT2D eigenvalue weighted by molar-refractivity contribution is -0.123. The van der Waals surface area contributed by atoms with Crippen molar-refractivity contribution < 1.29 is 34.1 Å². The number of nitrogens with one attached hydrogen (secondary N) is 1. The van der Waals surface area contributed by atoms with Crippen LogP contribution in [0, 0.1) is 13.8 Å². The zero-order valence-electron chi connectivity index (χ0n) is 21.7. The third-order valence-electron chi connectivity index (χ3n) is 7.56. The number of aromatic hydroxyl groups is 1. The second-order valence-electron chi connectivity index (χ2n) is 9.76. The molecule has 3 N–H and O–H groups in total. The van der Waals surface area contributed by atoms with Crippen LogP contribution in [0.2, 0.25) is 0 Å². The fourth-order valence-electron chi connectivity index (χ4n) is 5.38. The quantitative estimate of drug-likeness (QED) is 0.426. The maximum Gasteiger partial charge on any atom is 0.259 e. The van der Waals surface area contributed by atoms with Gasteiger partial charge in [0, 0.05) is 18.7 Å². The summed E-state index contributed by atoms with van der Waals surface area (Å²) in [4.78, 5) is 39.2. The third kappa shape index (κ3) is 3.48. The van der Waals surface area contributed by atoms with Crippen LogP contribution in [0.3, 0.4) is 0 Å². The van der Waals surface area contributed by atoms with Gasteiger partial charge in [0.15, 0.2) is 17.3 Å². The Morgan fingerprint density at radius 2 is 1.84 bits per heavy atom. The fourth-order valence-corrected chi connectivity index (χ4v) is 5.38. The highest BCUT2D eigenvalue weighted by Gasteiger charge is 2.55. The van der Waals surface area contributed by atoms with E-state index in [1.807, 2.05) is 38.1 Å². The van der Waals surface area contributed by atoms with E-state index in [2.05, 4.69) is 11.4 Å². The second-order valence-corrected chi connectivity index (χ2v) is 9.76. The first-order valence-corrected chi connectivity index (χ1v) is 12.1. The first-order chi connectivity index (χ1) is 18.0. The summed E-state index contributed by atoms with van der Waals surface area (Å²) in [7, 11) is 1.35. The van der Waals surface area contributed by atoms with Crippen LogP contribution in [0.1, 0.15) is 46.5 Å². The number of rotatable bonds is 5. The minimum Gasteiger partial charge on any atom is -0.507 e. The number of aliphatic hydroxyl groups excluding tert-OH is 1. The summed E-state index contributed by atoms with van der Waals surface area (Å²) in [5.41, 5.74) is 1.12. The van der Waals surface area contributed by atoms with Crippen molar-refractivity contribution in [3.63, 3.8) is 0 Å². The minimum absolute atomic E-state index is 0.00174. The van der Waals surface area contributed by atoms with E-state index < -0.39 is 34.2 Å². The van der Waals surface area contributed by atoms with Crippen molar-refractivity contribution in [1.82, 2.24) is 5.32 Å². The van der Waals surface area contributed by atoms with Gasteiger partial charge in [-0.05, 0) is 55.2 Å². The molecule has 0 fully saturated rings. The second kappa shape index (κ2) is 8.76. The Hall–Kier alpha value is -4.59. The number of fused-ring (bicyclic) bond motifs is 4. The van der Waals surface area contributed by atoms with E-state index in [0.717, 1.165) is 27.5 Å². The number of phenolic OH excluding ortho intramolecular Hbond substituents is 1. The Bertz CT molecular complexity index is 1650. The molecular weight excluding hydrogens is 486 g/mol. The molecule has 3 aromatic carbocycles. The standard InChI is InChI=1S/C30H27NO7/c1-14-10-17-8-6-7-9-18(17)19(15(14)2)13-31-29(36)25-22(37-5)11-21(34)26-27(25)38-23-12-20(33)24(16(3)32)28(35)30(23,26)4/h6-12,33-34H,13H2,1-5H3,(H,31,36)/t30-/m1/s1. The van der Waals surface area contributed by atoms with Gasteiger partial charge in [0.25, 0.3) is 5.91 Å². The monoisotopic (exact) mass is 513 g/mol. The van der Waals surface area contributed by atoms with Crippen molar-refractivity contribution in [1.29, 1.82) is 0 Å². The Balaban J connectivity index is 1.60. The Morgan fingerprint density at radius 3 is 2.53 bits per heavy atom. The van der Waals surface area contributed by atoms with E-state index in [0.29, 0.717) is 0 Å². The summed E-state index contributed by atoms with van der Waals surface area (Å²) in [6.07, 6.45) is 1.17. The molecule has 0 radical (unpaired) electrons. The van der Waals surface area contributed by atoms with Gasteiger partial charge in [-0.3, -0.25) is 14.4 Å². The number of methoxy groups -OCH3 is 1. The number of hydrogen-bond acceptors (Lipinski definition) is 7. The molecule has 0 spiro atoms. The van der Waals surface area contributed by atoms with Gasteiger partial charge in [-0.15, -0.1) is 0 Å². The van der Waals surface area contributed by atoms with Crippen LogP contribution in [0.15, 0.2) is 59.6 Å². The average molecular weight is 514 g/mol. The topological polar surface area (TPSA) is 122 Å². The zero-order valence-corrected chi connectivity index (χ0v) is 21.7. The van der Waals surface area contributed by atoms with Crippen LogP contribution in [-0.4, -0.2) is 34.8 Å². The van der Waals surface area contributed by atoms with Crippen LogP contribution in [-0.2, 0) is 21.5 Å². The minimum atomic E-state index is -1.61. The van der Waals surface area contributed by atoms with Gasteiger partial charge in [-0.2, -0.15) is 0 Å². The molecule has 194 valence electrons. The molecule has 1 aliphatic heterocycles. The Labute approximate surface area is 219 Å². The molecule has 1 aliphatic carbocycles. The third-order valence-corrected chi connectivity index (χ3v) is 7.56. The molecule has 1 heterocycles. The van der Waals surface area contributed by atoms with Gasteiger partial charge >= 0.3 is 0 Å². The predicted octanol–water partition coefficient (Wildman–Crippen LogP) is 4.62. The van der Waals surface area contributed by atoms with E-state index in [1.54, 1.807) is 0 Å². The number of ether oxygens (including phenoxy) is 2. The van der Waals surface area contributed by atoms with E-state index in [9.17, 15) is 24.6 Å². The lowest BCUT2D eigenvalue weighted by Gasteiger charge is -2.27. The number of phenols is 1. The number of ketones is 2. The number of amides is 1. The maximum absolute atomic E-state index is 13.7. The number of Topliss-reactive ketones (excluding diaryl/α,β-unsaturated/α-hetero) is 2. The average Bonchev–Trinajstić information content (AvgIpc) is 3.17. The molecule has 0 bridgehead atoms. The molecule has 2 aliphatic rings. The summed E-state index contributed by atoms with van der Waals surface area (Å²) in [5.74, 6) is -2.77. The van der Waals surface area contributed by atoms with Gasteiger partial charge in [0.1, 0.15) is 39.6 Å². The Kier molecular flexibility index (Phi) is 5.78. The van der Waals surface area contributed by atoms with Gasteiger partial charge in [0.05, 0.1) is 12.7 Å². The molecule has 1 atom stereocenters. The largest absolute Gasteiger partial charge is 0.507 e. The summed E-state index contributed by atoms with van der Waals surface area (Å²) < 4.78 is 11.4. The van der Waals surface area contributed by atoms with Crippen molar-refractivity contribution in [2.75, 3.05) is 7.11 Å². The van der Waals surface area contributed by atoms with Crippen molar-refractivity contribution in [3.05, 3.63) is 87.4 Å². The predicted molar refractivity (Wildman–Crippen MR) is 141 cm³/mol.